The van der Waals surface area contributed by atoms with Gasteiger partial charge in [-0.25, -0.2) is 4.79 Å². The number of aromatic nitrogens is 3. The van der Waals surface area contributed by atoms with Crippen molar-refractivity contribution in [3.8, 4) is 17.1 Å². The molecule has 1 amide bonds. The Balaban J connectivity index is 1.60. The number of carbonyl (C=O) groups is 2. The van der Waals surface area contributed by atoms with Gasteiger partial charge < -0.3 is 24.6 Å². The van der Waals surface area contributed by atoms with Crippen molar-refractivity contribution < 1.29 is 24.3 Å². The minimum absolute atomic E-state index is 0.0215. The first kappa shape index (κ1) is 17.2. The number of hydrogen-bond acceptors (Lipinski definition) is 6. The summed E-state index contributed by atoms with van der Waals surface area (Å²) < 4.78 is 6.67. The summed E-state index contributed by atoms with van der Waals surface area (Å²) in [5.41, 5.74) is 0.936. The summed E-state index contributed by atoms with van der Waals surface area (Å²) in [6.45, 7) is 0. The molecular weight excluding hydrogens is 340 g/mol. The van der Waals surface area contributed by atoms with Crippen LogP contribution in [0.3, 0.4) is 0 Å². The van der Waals surface area contributed by atoms with Gasteiger partial charge in [-0.1, -0.05) is 5.16 Å². The predicted molar refractivity (Wildman–Crippen MR) is 90.7 cm³/mol. The topological polar surface area (TPSA) is 130 Å². The van der Waals surface area contributed by atoms with Crippen molar-refractivity contribution in [2.24, 2.45) is 7.05 Å². The second kappa shape index (κ2) is 7.09. The number of aryl methyl sites for hydroxylation is 2. The molecule has 0 saturated heterocycles. The molecule has 0 spiro atoms. The standard InChI is InChI=1S/C17H16N4O5/c1-21-8-12(17(24)25)13(9-21)18-14(23)6-7-15-19-16(20-26-15)10-2-4-11(22)5-3-10/h2-5,8-9,22H,6-7H2,1H3,(H,18,23)(H,24,25). The van der Waals surface area contributed by atoms with E-state index in [0.29, 0.717) is 11.4 Å². The number of phenolic OH excluding ortho intramolecular Hbond substituents is 1. The number of aromatic hydroxyl groups is 1. The first-order valence-corrected chi connectivity index (χ1v) is 7.73. The van der Waals surface area contributed by atoms with E-state index in [4.69, 9.17) is 9.63 Å². The Bertz CT molecular complexity index is 942. The van der Waals surface area contributed by atoms with Crippen molar-refractivity contribution in [3.05, 3.63) is 48.1 Å². The molecule has 0 saturated carbocycles. The number of phenols is 1. The summed E-state index contributed by atoms with van der Waals surface area (Å²) in [6, 6.07) is 6.33. The minimum atomic E-state index is -1.11. The van der Waals surface area contributed by atoms with Gasteiger partial charge in [0.2, 0.25) is 17.6 Å². The monoisotopic (exact) mass is 356 g/mol. The maximum absolute atomic E-state index is 12.1. The number of carboxylic acids is 1. The normalized spacial score (nSPS) is 10.7. The molecule has 2 heterocycles. The smallest absolute Gasteiger partial charge is 0.339 e. The lowest BCUT2D eigenvalue weighted by molar-refractivity contribution is -0.116. The van der Waals surface area contributed by atoms with Gasteiger partial charge in [-0.15, -0.1) is 0 Å². The van der Waals surface area contributed by atoms with Gasteiger partial charge in [0.15, 0.2) is 0 Å². The fourth-order valence-corrected chi connectivity index (χ4v) is 2.37. The fraction of sp³-hybridized carbons (Fsp3) is 0.176. The molecule has 3 N–H and O–H groups in total. The Kier molecular flexibility index (Phi) is 4.70. The first-order chi connectivity index (χ1) is 12.4. The van der Waals surface area contributed by atoms with Crippen molar-refractivity contribution in [2.75, 3.05) is 5.32 Å². The average molecular weight is 356 g/mol. The zero-order chi connectivity index (χ0) is 18.7. The summed E-state index contributed by atoms with van der Waals surface area (Å²) >= 11 is 0. The predicted octanol–water partition coefficient (Wildman–Crippen LogP) is 2.05. The van der Waals surface area contributed by atoms with Crippen LogP contribution in [-0.2, 0) is 18.3 Å². The first-order valence-electron chi connectivity index (χ1n) is 7.73. The van der Waals surface area contributed by atoms with Gasteiger partial charge in [0.25, 0.3) is 0 Å². The van der Waals surface area contributed by atoms with E-state index in [1.165, 1.54) is 24.5 Å². The lowest BCUT2D eigenvalue weighted by atomic mass is 10.2. The molecular formula is C17H16N4O5. The Morgan fingerprint density at radius 1 is 1.23 bits per heavy atom. The molecule has 134 valence electrons. The molecule has 0 aliphatic rings. The van der Waals surface area contributed by atoms with Gasteiger partial charge >= 0.3 is 5.97 Å². The second-order valence-electron chi connectivity index (χ2n) is 5.66. The maximum atomic E-state index is 12.1. The van der Waals surface area contributed by atoms with Gasteiger partial charge in [0.05, 0.1) is 5.69 Å². The number of benzene rings is 1. The van der Waals surface area contributed by atoms with Crippen LogP contribution >= 0.6 is 0 Å². The zero-order valence-electron chi connectivity index (χ0n) is 13.8. The Morgan fingerprint density at radius 3 is 2.65 bits per heavy atom. The van der Waals surface area contributed by atoms with Crippen LogP contribution in [-0.4, -0.2) is 36.8 Å². The number of carboxylic acid groups (broad SMARTS) is 1. The number of nitrogens with one attached hydrogen (secondary N) is 1. The number of rotatable bonds is 6. The van der Waals surface area contributed by atoms with Crippen LogP contribution in [0.25, 0.3) is 11.4 Å². The summed E-state index contributed by atoms with van der Waals surface area (Å²) in [6.07, 6.45) is 3.22. The molecule has 1 aromatic carbocycles. The lowest BCUT2D eigenvalue weighted by Gasteiger charge is -2.02. The number of hydrogen-bond donors (Lipinski definition) is 3. The fourth-order valence-electron chi connectivity index (χ4n) is 2.37. The highest BCUT2D eigenvalue weighted by Gasteiger charge is 2.16. The van der Waals surface area contributed by atoms with Crippen LogP contribution in [0.4, 0.5) is 5.69 Å². The number of anilines is 1. The highest BCUT2D eigenvalue weighted by molar-refractivity contribution is 6.00. The molecule has 0 aliphatic carbocycles. The highest BCUT2D eigenvalue weighted by Crippen LogP contribution is 2.20. The molecule has 0 atom stereocenters. The summed E-state index contributed by atoms with van der Waals surface area (Å²) in [5, 5.41) is 24.8. The molecule has 9 heteroatoms. The molecule has 0 aliphatic heterocycles. The molecule has 0 unspecified atom stereocenters. The molecule has 2 aromatic heterocycles. The second-order valence-corrected chi connectivity index (χ2v) is 5.66. The Morgan fingerprint density at radius 2 is 1.96 bits per heavy atom. The van der Waals surface area contributed by atoms with Crippen molar-refractivity contribution in [3.63, 3.8) is 0 Å². The molecule has 26 heavy (non-hydrogen) atoms. The summed E-state index contributed by atoms with van der Waals surface area (Å²) in [4.78, 5) is 27.4. The molecule has 0 fully saturated rings. The van der Waals surface area contributed by atoms with E-state index in [1.54, 1.807) is 23.7 Å². The third kappa shape index (κ3) is 3.89. The van der Waals surface area contributed by atoms with Gasteiger partial charge in [0, 0.05) is 37.8 Å². The quantitative estimate of drug-likeness (QED) is 0.616. The van der Waals surface area contributed by atoms with Gasteiger partial charge in [0.1, 0.15) is 11.3 Å². The van der Waals surface area contributed by atoms with Crippen LogP contribution in [0, 0.1) is 0 Å². The molecule has 0 radical (unpaired) electrons. The van der Waals surface area contributed by atoms with E-state index in [-0.39, 0.29) is 41.6 Å². The van der Waals surface area contributed by atoms with E-state index in [0.717, 1.165) is 0 Å². The van der Waals surface area contributed by atoms with Crippen LogP contribution < -0.4 is 5.32 Å². The average Bonchev–Trinajstić information content (AvgIpc) is 3.20. The Hall–Kier alpha value is -3.62. The lowest BCUT2D eigenvalue weighted by Crippen LogP contribution is -2.14. The van der Waals surface area contributed by atoms with Crippen LogP contribution in [0.1, 0.15) is 22.7 Å². The van der Waals surface area contributed by atoms with Crippen LogP contribution in [0.2, 0.25) is 0 Å². The van der Waals surface area contributed by atoms with Gasteiger partial charge in [-0.05, 0) is 24.3 Å². The number of carbonyl (C=O) groups excluding carboxylic acids is 1. The van der Waals surface area contributed by atoms with E-state index in [9.17, 15) is 14.7 Å². The molecule has 0 bridgehead atoms. The highest BCUT2D eigenvalue weighted by atomic mass is 16.5. The van der Waals surface area contributed by atoms with Crippen LogP contribution in [0.15, 0.2) is 41.2 Å². The Labute approximate surface area is 147 Å². The van der Waals surface area contributed by atoms with Crippen molar-refractivity contribution >= 4 is 17.6 Å². The van der Waals surface area contributed by atoms with E-state index < -0.39 is 5.97 Å². The third-order valence-corrected chi connectivity index (χ3v) is 3.62. The van der Waals surface area contributed by atoms with E-state index >= 15 is 0 Å². The van der Waals surface area contributed by atoms with Crippen LogP contribution in [0.5, 0.6) is 5.75 Å². The zero-order valence-corrected chi connectivity index (χ0v) is 13.8. The minimum Gasteiger partial charge on any atom is -0.508 e. The maximum Gasteiger partial charge on any atom is 0.339 e. The third-order valence-electron chi connectivity index (χ3n) is 3.62. The molecule has 9 nitrogen and oxygen atoms in total. The van der Waals surface area contributed by atoms with Crippen molar-refractivity contribution in [1.29, 1.82) is 0 Å². The van der Waals surface area contributed by atoms with E-state index in [1.807, 2.05) is 0 Å². The number of aromatic carboxylic acids is 1. The largest absolute Gasteiger partial charge is 0.508 e. The summed E-state index contributed by atoms with van der Waals surface area (Å²) in [5.74, 6) is -0.693. The molecule has 3 aromatic rings. The van der Waals surface area contributed by atoms with Gasteiger partial charge in [-0.3, -0.25) is 4.79 Å². The van der Waals surface area contributed by atoms with Crippen molar-refractivity contribution in [2.45, 2.75) is 12.8 Å². The van der Waals surface area contributed by atoms with Crippen molar-refractivity contribution in [1.82, 2.24) is 14.7 Å². The summed E-state index contributed by atoms with van der Waals surface area (Å²) in [7, 11) is 1.67. The van der Waals surface area contributed by atoms with Gasteiger partial charge in [-0.2, -0.15) is 4.98 Å². The number of nitrogens with zero attached hydrogens (tertiary/aromatic N) is 3. The van der Waals surface area contributed by atoms with E-state index in [2.05, 4.69) is 15.5 Å². The number of amides is 1. The SMILES string of the molecule is Cn1cc(NC(=O)CCc2nc(-c3ccc(O)cc3)no2)c(C(=O)O)c1. The molecule has 3 rings (SSSR count).